The van der Waals surface area contributed by atoms with Gasteiger partial charge in [-0.05, 0) is 30.3 Å². The van der Waals surface area contributed by atoms with E-state index in [0.29, 0.717) is 11.2 Å². The summed E-state index contributed by atoms with van der Waals surface area (Å²) in [5.74, 6) is -1.24. The number of benzene rings is 1. The number of nitriles is 1. The van der Waals surface area contributed by atoms with Crippen LogP contribution in [0.5, 0.6) is 0 Å². The molecule has 0 aliphatic heterocycles. The van der Waals surface area contributed by atoms with Crippen LogP contribution in [0.2, 0.25) is 0 Å². The summed E-state index contributed by atoms with van der Waals surface area (Å²) in [5.41, 5.74) is 1.96. The summed E-state index contributed by atoms with van der Waals surface area (Å²) in [5, 5.41) is 18.7. The van der Waals surface area contributed by atoms with Gasteiger partial charge in [-0.3, -0.25) is 0 Å². The van der Waals surface area contributed by atoms with Gasteiger partial charge in [-0.25, -0.2) is 9.78 Å². The third-order valence-corrected chi connectivity index (χ3v) is 3.28. The van der Waals surface area contributed by atoms with E-state index in [-0.39, 0.29) is 5.57 Å². The molecule has 0 aliphatic carbocycles. The Morgan fingerprint density at radius 2 is 2.00 bits per heavy atom. The van der Waals surface area contributed by atoms with Crippen LogP contribution in [0.4, 0.5) is 0 Å². The van der Waals surface area contributed by atoms with Gasteiger partial charge in [0.2, 0.25) is 0 Å². The van der Waals surface area contributed by atoms with E-state index in [1.807, 2.05) is 41.0 Å². The summed E-state index contributed by atoms with van der Waals surface area (Å²) < 4.78 is 1.87. The van der Waals surface area contributed by atoms with Gasteiger partial charge in [0.15, 0.2) is 0 Å². The molecule has 3 aromatic rings. The first-order chi connectivity index (χ1) is 10.7. The summed E-state index contributed by atoms with van der Waals surface area (Å²) in [7, 11) is 0. The van der Waals surface area contributed by atoms with Gasteiger partial charge in [-0.1, -0.05) is 18.2 Å². The van der Waals surface area contributed by atoms with E-state index in [9.17, 15) is 4.79 Å². The van der Waals surface area contributed by atoms with Crippen LogP contribution >= 0.6 is 0 Å². The Morgan fingerprint density at radius 1 is 1.23 bits per heavy atom. The molecule has 2 aromatic heterocycles. The molecule has 106 valence electrons. The molecule has 5 heteroatoms. The molecule has 2 heterocycles. The standard InChI is InChI=1S/C17H11N3O2/c18-10-12(17(21)22)9-13-11-20(14-5-2-1-3-6-14)16-15(13)7-4-8-19-16/h1-9,11H,(H,21,22)/b12-9+. The topological polar surface area (TPSA) is 78.9 Å². The number of carbonyl (C=O) groups is 1. The second-order valence-corrected chi connectivity index (χ2v) is 4.64. The van der Waals surface area contributed by atoms with Crippen molar-refractivity contribution >= 4 is 23.1 Å². The van der Waals surface area contributed by atoms with E-state index in [0.717, 1.165) is 11.1 Å². The van der Waals surface area contributed by atoms with Gasteiger partial charge in [0.25, 0.3) is 0 Å². The average molecular weight is 289 g/mol. The Morgan fingerprint density at radius 3 is 2.68 bits per heavy atom. The molecule has 0 bridgehead atoms. The van der Waals surface area contributed by atoms with Crippen molar-refractivity contribution in [3.8, 4) is 11.8 Å². The van der Waals surface area contributed by atoms with Crippen molar-refractivity contribution in [2.45, 2.75) is 0 Å². The summed E-state index contributed by atoms with van der Waals surface area (Å²) in [6, 6.07) is 14.9. The van der Waals surface area contributed by atoms with E-state index < -0.39 is 5.97 Å². The van der Waals surface area contributed by atoms with Crippen molar-refractivity contribution in [3.63, 3.8) is 0 Å². The lowest BCUT2D eigenvalue weighted by atomic mass is 10.1. The van der Waals surface area contributed by atoms with Crippen molar-refractivity contribution in [3.05, 3.63) is 66.0 Å². The van der Waals surface area contributed by atoms with Crippen LogP contribution in [-0.2, 0) is 4.79 Å². The monoisotopic (exact) mass is 289 g/mol. The molecule has 0 aliphatic rings. The second-order valence-electron chi connectivity index (χ2n) is 4.64. The Kier molecular flexibility index (Phi) is 3.42. The predicted octanol–water partition coefficient (Wildman–Crippen LogP) is 3.02. The molecule has 1 N–H and O–H groups in total. The number of carboxylic acid groups (broad SMARTS) is 1. The smallest absolute Gasteiger partial charge is 0.346 e. The fourth-order valence-electron chi connectivity index (χ4n) is 2.28. The molecule has 0 fully saturated rings. The van der Waals surface area contributed by atoms with Crippen LogP contribution < -0.4 is 0 Å². The molecule has 5 nitrogen and oxygen atoms in total. The van der Waals surface area contributed by atoms with Crippen LogP contribution in [0.3, 0.4) is 0 Å². The Balaban J connectivity index is 2.26. The third-order valence-electron chi connectivity index (χ3n) is 3.28. The van der Waals surface area contributed by atoms with E-state index >= 15 is 0 Å². The maximum Gasteiger partial charge on any atom is 0.346 e. The molecule has 3 rings (SSSR count). The van der Waals surface area contributed by atoms with Gasteiger partial charge in [0, 0.05) is 29.0 Å². The number of rotatable bonds is 3. The number of aliphatic carboxylic acids is 1. The number of aromatic nitrogens is 2. The number of nitrogens with zero attached hydrogens (tertiary/aromatic N) is 3. The highest BCUT2D eigenvalue weighted by molar-refractivity contribution is 5.99. The zero-order valence-electron chi connectivity index (χ0n) is 11.5. The van der Waals surface area contributed by atoms with Crippen LogP contribution in [0.1, 0.15) is 5.56 Å². The molecule has 0 saturated carbocycles. The van der Waals surface area contributed by atoms with Gasteiger partial charge < -0.3 is 9.67 Å². The minimum absolute atomic E-state index is 0.309. The second kappa shape index (κ2) is 5.54. The molecule has 22 heavy (non-hydrogen) atoms. The van der Waals surface area contributed by atoms with Gasteiger partial charge in [0.05, 0.1) is 0 Å². The highest BCUT2D eigenvalue weighted by Crippen LogP contribution is 2.25. The lowest BCUT2D eigenvalue weighted by molar-refractivity contribution is -0.132. The highest BCUT2D eigenvalue weighted by Gasteiger charge is 2.12. The minimum Gasteiger partial charge on any atom is -0.477 e. The quantitative estimate of drug-likeness (QED) is 0.593. The van der Waals surface area contributed by atoms with Crippen LogP contribution in [-0.4, -0.2) is 20.6 Å². The zero-order chi connectivity index (χ0) is 15.5. The molecule has 0 unspecified atom stereocenters. The fourth-order valence-corrected chi connectivity index (χ4v) is 2.28. The maximum absolute atomic E-state index is 11.0. The number of hydrogen-bond donors (Lipinski definition) is 1. The molecular formula is C17H11N3O2. The van der Waals surface area contributed by atoms with Crippen molar-refractivity contribution in [1.82, 2.24) is 9.55 Å². The molecular weight excluding hydrogens is 278 g/mol. The lowest BCUT2D eigenvalue weighted by Crippen LogP contribution is -1.97. The Bertz CT molecular complexity index is 918. The predicted molar refractivity (Wildman–Crippen MR) is 82.3 cm³/mol. The Hall–Kier alpha value is -3.39. The van der Waals surface area contributed by atoms with E-state index in [1.54, 1.807) is 24.5 Å². The van der Waals surface area contributed by atoms with E-state index in [1.165, 1.54) is 6.08 Å². The summed E-state index contributed by atoms with van der Waals surface area (Å²) in [6.45, 7) is 0. The van der Waals surface area contributed by atoms with E-state index in [4.69, 9.17) is 10.4 Å². The molecule has 0 atom stereocenters. The average Bonchev–Trinajstić information content (AvgIpc) is 2.92. The largest absolute Gasteiger partial charge is 0.477 e. The molecule has 0 radical (unpaired) electrons. The lowest BCUT2D eigenvalue weighted by Gasteiger charge is -2.03. The van der Waals surface area contributed by atoms with Crippen molar-refractivity contribution < 1.29 is 9.90 Å². The third kappa shape index (κ3) is 2.34. The van der Waals surface area contributed by atoms with Crippen molar-refractivity contribution in [2.24, 2.45) is 0 Å². The Labute approximate surface area is 126 Å². The SMILES string of the molecule is N#C/C(=C\c1cn(-c2ccccc2)c2ncccc12)C(=O)O. The fraction of sp³-hybridized carbons (Fsp3) is 0. The number of para-hydroxylation sites is 1. The summed E-state index contributed by atoms with van der Waals surface area (Å²) >= 11 is 0. The molecule has 0 amide bonds. The van der Waals surface area contributed by atoms with Crippen molar-refractivity contribution in [1.29, 1.82) is 5.26 Å². The highest BCUT2D eigenvalue weighted by atomic mass is 16.4. The van der Waals surface area contributed by atoms with Crippen LogP contribution in [0, 0.1) is 11.3 Å². The normalized spacial score (nSPS) is 11.3. The first kappa shape index (κ1) is 13.6. The minimum atomic E-state index is -1.24. The van der Waals surface area contributed by atoms with Crippen molar-refractivity contribution in [2.75, 3.05) is 0 Å². The van der Waals surface area contributed by atoms with Gasteiger partial charge >= 0.3 is 5.97 Å². The van der Waals surface area contributed by atoms with Crippen LogP contribution in [0.15, 0.2) is 60.4 Å². The first-order valence-corrected chi connectivity index (χ1v) is 6.57. The maximum atomic E-state index is 11.0. The van der Waals surface area contributed by atoms with Gasteiger partial charge in [-0.2, -0.15) is 5.26 Å². The van der Waals surface area contributed by atoms with Crippen LogP contribution in [0.25, 0.3) is 22.8 Å². The van der Waals surface area contributed by atoms with Gasteiger partial charge in [0.1, 0.15) is 17.3 Å². The summed E-state index contributed by atoms with van der Waals surface area (Å²) in [4.78, 5) is 15.4. The number of carboxylic acids is 1. The number of hydrogen-bond acceptors (Lipinski definition) is 3. The zero-order valence-corrected chi connectivity index (χ0v) is 11.5. The molecule has 0 spiro atoms. The number of fused-ring (bicyclic) bond motifs is 1. The first-order valence-electron chi connectivity index (χ1n) is 6.57. The van der Waals surface area contributed by atoms with Gasteiger partial charge in [-0.15, -0.1) is 0 Å². The summed E-state index contributed by atoms with van der Waals surface area (Å²) in [6.07, 6.45) is 4.83. The van der Waals surface area contributed by atoms with E-state index in [2.05, 4.69) is 4.98 Å². The molecule has 1 aromatic carbocycles. The molecule has 0 saturated heterocycles. The number of pyridine rings is 1.